The van der Waals surface area contributed by atoms with E-state index in [1.807, 2.05) is 46.0 Å². The summed E-state index contributed by atoms with van der Waals surface area (Å²) in [5, 5.41) is 8.89. The summed E-state index contributed by atoms with van der Waals surface area (Å²) in [5.74, 6) is 0.464. The molecule has 1 aromatic rings. The number of rotatable bonds is 8. The number of carbonyl (C=O) groups excluding carboxylic acids is 2. The Kier molecular flexibility index (Phi) is 8.25. The van der Waals surface area contributed by atoms with Crippen molar-refractivity contribution in [2.75, 3.05) is 38.5 Å². The molecule has 1 saturated heterocycles. The Hall–Kier alpha value is -1.92. The van der Waals surface area contributed by atoms with Gasteiger partial charge in [-0.1, -0.05) is 18.2 Å². The molecule has 2 rings (SSSR count). The van der Waals surface area contributed by atoms with Crippen LogP contribution in [-0.2, 0) is 9.59 Å². The van der Waals surface area contributed by atoms with Crippen molar-refractivity contribution in [2.45, 2.75) is 46.1 Å². The summed E-state index contributed by atoms with van der Waals surface area (Å²) in [4.78, 5) is 26.9. The second-order valence-corrected chi connectivity index (χ2v) is 7.58. The number of aryl methyl sites for hydroxylation is 2. The normalized spacial score (nSPS) is 16.7. The number of piperidine rings is 1. The van der Waals surface area contributed by atoms with Crippen molar-refractivity contribution < 1.29 is 9.59 Å². The van der Waals surface area contributed by atoms with E-state index in [1.54, 1.807) is 0 Å². The third kappa shape index (κ3) is 6.33. The highest BCUT2D eigenvalue weighted by Crippen LogP contribution is 2.21. The Balaban J connectivity index is 1.76. The summed E-state index contributed by atoms with van der Waals surface area (Å²) < 4.78 is 0. The van der Waals surface area contributed by atoms with Gasteiger partial charge in [-0.25, -0.2) is 0 Å². The van der Waals surface area contributed by atoms with Gasteiger partial charge in [0.1, 0.15) is 0 Å². The average Bonchev–Trinajstić information content (AvgIpc) is 2.67. The molecule has 2 amide bonds. The van der Waals surface area contributed by atoms with Gasteiger partial charge in [-0.3, -0.25) is 14.5 Å². The van der Waals surface area contributed by atoms with Gasteiger partial charge in [0.05, 0.1) is 12.6 Å². The van der Waals surface area contributed by atoms with E-state index in [4.69, 9.17) is 0 Å². The molecular formula is C21H34N4O2. The molecule has 0 aliphatic carbocycles. The van der Waals surface area contributed by atoms with Crippen LogP contribution in [0.3, 0.4) is 0 Å². The molecule has 0 radical (unpaired) electrons. The minimum absolute atomic E-state index is 0.00438. The highest BCUT2D eigenvalue weighted by atomic mass is 16.2. The monoisotopic (exact) mass is 374 g/mol. The Bertz CT molecular complexity index is 619. The van der Waals surface area contributed by atoms with Gasteiger partial charge < -0.3 is 16.0 Å². The largest absolute Gasteiger partial charge is 0.346 e. The fraction of sp³-hybridized carbons (Fsp3) is 0.619. The van der Waals surface area contributed by atoms with Crippen molar-refractivity contribution in [3.05, 3.63) is 29.3 Å². The van der Waals surface area contributed by atoms with Crippen molar-refractivity contribution in [1.82, 2.24) is 15.5 Å². The summed E-state index contributed by atoms with van der Waals surface area (Å²) in [6.45, 7) is 8.78. The van der Waals surface area contributed by atoms with Crippen LogP contribution in [0, 0.1) is 19.8 Å². The van der Waals surface area contributed by atoms with E-state index in [0.717, 1.165) is 55.2 Å². The molecule has 1 aromatic carbocycles. The van der Waals surface area contributed by atoms with Crippen molar-refractivity contribution in [3.63, 3.8) is 0 Å². The highest BCUT2D eigenvalue weighted by molar-refractivity contribution is 5.96. The first-order valence-electron chi connectivity index (χ1n) is 9.94. The summed E-state index contributed by atoms with van der Waals surface area (Å²) in [5.41, 5.74) is 2.86. The molecule has 1 unspecified atom stereocenters. The van der Waals surface area contributed by atoms with Gasteiger partial charge in [-0.05, 0) is 83.8 Å². The van der Waals surface area contributed by atoms with Gasteiger partial charge in [-0.2, -0.15) is 0 Å². The molecule has 6 nitrogen and oxygen atoms in total. The lowest BCUT2D eigenvalue weighted by Gasteiger charge is -2.35. The van der Waals surface area contributed by atoms with E-state index in [0.29, 0.717) is 0 Å². The molecule has 0 spiro atoms. The number of nitrogens with one attached hydrogen (secondary N) is 3. The number of likely N-dealkylation sites (tertiary alicyclic amines) is 1. The third-order valence-corrected chi connectivity index (χ3v) is 5.55. The molecule has 1 atom stereocenters. The van der Waals surface area contributed by atoms with E-state index >= 15 is 0 Å². The molecule has 1 aliphatic rings. The van der Waals surface area contributed by atoms with Crippen LogP contribution < -0.4 is 16.0 Å². The number of nitrogens with zero attached hydrogens (tertiary/aromatic N) is 1. The van der Waals surface area contributed by atoms with Gasteiger partial charge in [0.15, 0.2) is 0 Å². The lowest BCUT2D eigenvalue weighted by atomic mass is 9.93. The number of amides is 2. The number of anilines is 1. The number of para-hydroxylation sites is 1. The maximum atomic E-state index is 12.4. The Morgan fingerprint density at radius 1 is 1.19 bits per heavy atom. The lowest BCUT2D eigenvalue weighted by molar-refractivity contribution is -0.128. The molecule has 27 heavy (non-hydrogen) atoms. The maximum Gasteiger partial charge on any atom is 0.243 e. The van der Waals surface area contributed by atoms with Crippen LogP contribution >= 0.6 is 0 Å². The summed E-state index contributed by atoms with van der Waals surface area (Å²) >= 11 is 0. The average molecular weight is 375 g/mol. The van der Waals surface area contributed by atoms with Gasteiger partial charge in [0.2, 0.25) is 11.8 Å². The molecule has 6 heteroatoms. The first-order chi connectivity index (χ1) is 12.9. The molecule has 150 valence electrons. The Morgan fingerprint density at radius 2 is 1.81 bits per heavy atom. The summed E-state index contributed by atoms with van der Waals surface area (Å²) in [7, 11) is 1.98. The molecule has 1 aliphatic heterocycles. The molecular weight excluding hydrogens is 340 g/mol. The Morgan fingerprint density at radius 3 is 2.41 bits per heavy atom. The summed E-state index contributed by atoms with van der Waals surface area (Å²) in [6.07, 6.45) is 3.46. The standard InChI is InChI=1S/C21H34N4O2/c1-15-6-5-7-16(2)20(15)24-19(26)14-23-21(27)17(3)25-12-9-18(10-13-25)8-11-22-4/h5-7,17-18,22H,8-14H2,1-4H3,(H,23,27)(H,24,26). The first-order valence-corrected chi connectivity index (χ1v) is 9.94. The molecule has 1 heterocycles. The van der Waals surface area contributed by atoms with Gasteiger partial charge >= 0.3 is 0 Å². The first kappa shape index (κ1) is 21.4. The third-order valence-electron chi connectivity index (χ3n) is 5.55. The second kappa shape index (κ2) is 10.4. The minimum atomic E-state index is -0.205. The topological polar surface area (TPSA) is 73.5 Å². The van der Waals surface area contributed by atoms with Gasteiger partial charge in [0.25, 0.3) is 0 Å². The molecule has 0 aromatic heterocycles. The van der Waals surface area contributed by atoms with Crippen molar-refractivity contribution in [3.8, 4) is 0 Å². The lowest BCUT2D eigenvalue weighted by Crippen LogP contribution is -2.49. The predicted octanol–water partition coefficient (Wildman–Crippen LogP) is 2.07. The number of carbonyl (C=O) groups is 2. The van der Waals surface area contributed by atoms with E-state index in [9.17, 15) is 9.59 Å². The van der Waals surface area contributed by atoms with Crippen LogP contribution in [0.25, 0.3) is 0 Å². The van der Waals surface area contributed by atoms with Gasteiger partial charge in [-0.15, -0.1) is 0 Å². The van der Waals surface area contributed by atoms with Crippen LogP contribution in [-0.4, -0.2) is 56.0 Å². The van der Waals surface area contributed by atoms with E-state index in [1.165, 1.54) is 6.42 Å². The number of hydrogen-bond acceptors (Lipinski definition) is 4. The molecule has 0 saturated carbocycles. The number of hydrogen-bond donors (Lipinski definition) is 3. The Labute approximate surface area is 163 Å². The van der Waals surface area contributed by atoms with E-state index in [2.05, 4.69) is 20.9 Å². The zero-order chi connectivity index (χ0) is 19.8. The van der Waals surface area contributed by atoms with Crippen molar-refractivity contribution in [1.29, 1.82) is 0 Å². The van der Waals surface area contributed by atoms with Crippen LogP contribution in [0.4, 0.5) is 5.69 Å². The fourth-order valence-corrected chi connectivity index (χ4v) is 3.65. The van der Waals surface area contributed by atoms with E-state index < -0.39 is 0 Å². The van der Waals surface area contributed by atoms with Crippen LogP contribution in [0.2, 0.25) is 0 Å². The minimum Gasteiger partial charge on any atom is -0.346 e. The highest BCUT2D eigenvalue weighted by Gasteiger charge is 2.26. The molecule has 0 bridgehead atoms. The van der Waals surface area contributed by atoms with Crippen molar-refractivity contribution >= 4 is 17.5 Å². The quantitative estimate of drug-likeness (QED) is 0.651. The predicted molar refractivity (Wildman–Crippen MR) is 110 cm³/mol. The summed E-state index contributed by atoms with van der Waals surface area (Å²) in [6, 6.07) is 5.68. The van der Waals surface area contributed by atoms with Gasteiger partial charge in [0, 0.05) is 5.69 Å². The van der Waals surface area contributed by atoms with Crippen molar-refractivity contribution in [2.24, 2.45) is 5.92 Å². The molecule has 3 N–H and O–H groups in total. The van der Waals surface area contributed by atoms with Crippen LogP contribution in [0.1, 0.15) is 37.3 Å². The molecule has 1 fully saturated rings. The zero-order valence-electron chi connectivity index (χ0n) is 17.1. The zero-order valence-corrected chi connectivity index (χ0v) is 17.1. The maximum absolute atomic E-state index is 12.4. The van der Waals surface area contributed by atoms with Crippen LogP contribution in [0.5, 0.6) is 0 Å². The second-order valence-electron chi connectivity index (χ2n) is 7.58. The number of benzene rings is 1. The van der Waals surface area contributed by atoms with E-state index in [-0.39, 0.29) is 24.4 Å². The smallest absolute Gasteiger partial charge is 0.243 e. The SMILES string of the molecule is CNCCC1CCN(C(C)C(=O)NCC(=O)Nc2c(C)cccc2C)CC1. The fourth-order valence-electron chi connectivity index (χ4n) is 3.65. The van der Waals surface area contributed by atoms with Crippen LogP contribution in [0.15, 0.2) is 18.2 Å².